The minimum absolute atomic E-state index is 0.487. The molecule has 0 aliphatic heterocycles. The molecular formula is C8H6BrN3O. The molecule has 0 aliphatic carbocycles. The van der Waals surface area contributed by atoms with Crippen LogP contribution in [0, 0.1) is 0 Å². The fourth-order valence-electron chi connectivity index (χ4n) is 0.959. The molecule has 0 unspecified atom stereocenters. The van der Waals surface area contributed by atoms with Gasteiger partial charge in [-0.25, -0.2) is 0 Å². The maximum atomic E-state index is 5.63. The summed E-state index contributed by atoms with van der Waals surface area (Å²) in [7, 11) is 0. The van der Waals surface area contributed by atoms with E-state index in [1.165, 1.54) is 6.39 Å². The molecule has 0 radical (unpaired) electrons. The molecule has 0 fully saturated rings. The molecule has 1 aromatic heterocycles. The highest BCUT2D eigenvalue weighted by Crippen LogP contribution is 2.25. The zero-order chi connectivity index (χ0) is 9.26. The molecule has 0 amide bonds. The van der Waals surface area contributed by atoms with Crippen LogP contribution in [-0.4, -0.2) is 10.2 Å². The Kier molecular flexibility index (Phi) is 2.02. The van der Waals surface area contributed by atoms with Crippen LogP contribution in [0.2, 0.25) is 0 Å². The smallest absolute Gasteiger partial charge is 0.247 e. The van der Waals surface area contributed by atoms with Crippen LogP contribution < -0.4 is 5.73 Å². The Labute approximate surface area is 82.9 Å². The van der Waals surface area contributed by atoms with Gasteiger partial charge in [-0.15, -0.1) is 10.2 Å². The molecule has 66 valence electrons. The lowest BCUT2D eigenvalue weighted by molar-refractivity contribution is 0.568. The fourth-order valence-corrected chi connectivity index (χ4v) is 1.34. The molecule has 0 saturated heterocycles. The maximum absolute atomic E-state index is 5.63. The van der Waals surface area contributed by atoms with Crippen LogP contribution in [0.5, 0.6) is 0 Å². The van der Waals surface area contributed by atoms with Crippen molar-refractivity contribution in [2.45, 2.75) is 0 Å². The van der Waals surface area contributed by atoms with Gasteiger partial charge >= 0.3 is 0 Å². The Morgan fingerprint density at radius 2 is 2.23 bits per heavy atom. The fraction of sp³-hybridized carbons (Fsp3) is 0. The van der Waals surface area contributed by atoms with Gasteiger partial charge < -0.3 is 10.2 Å². The Morgan fingerprint density at radius 1 is 1.38 bits per heavy atom. The Balaban J connectivity index is 2.49. The van der Waals surface area contributed by atoms with Crippen molar-refractivity contribution in [2.75, 3.05) is 5.73 Å². The summed E-state index contributed by atoms with van der Waals surface area (Å²) >= 11 is 3.32. The van der Waals surface area contributed by atoms with Crippen LogP contribution in [0.3, 0.4) is 0 Å². The summed E-state index contributed by atoms with van der Waals surface area (Å²) in [5, 5.41) is 7.37. The monoisotopic (exact) mass is 239 g/mol. The second-order valence-electron chi connectivity index (χ2n) is 2.48. The number of nitrogen functional groups attached to an aromatic ring is 1. The number of rotatable bonds is 1. The van der Waals surface area contributed by atoms with Gasteiger partial charge in [0.1, 0.15) is 0 Å². The number of nitrogens with zero attached hydrogens (tertiary/aromatic N) is 2. The highest BCUT2D eigenvalue weighted by atomic mass is 79.9. The first-order valence-corrected chi connectivity index (χ1v) is 4.38. The van der Waals surface area contributed by atoms with E-state index in [0.717, 1.165) is 10.0 Å². The summed E-state index contributed by atoms with van der Waals surface area (Å²) in [6, 6.07) is 5.44. The van der Waals surface area contributed by atoms with Gasteiger partial charge in [-0.05, 0) is 34.1 Å². The highest BCUT2D eigenvalue weighted by Gasteiger charge is 2.04. The lowest BCUT2D eigenvalue weighted by Crippen LogP contribution is -1.86. The average molecular weight is 240 g/mol. The van der Waals surface area contributed by atoms with Crippen molar-refractivity contribution < 1.29 is 4.42 Å². The van der Waals surface area contributed by atoms with E-state index in [9.17, 15) is 0 Å². The van der Waals surface area contributed by atoms with E-state index >= 15 is 0 Å². The second kappa shape index (κ2) is 3.18. The average Bonchev–Trinajstić information content (AvgIpc) is 2.62. The molecule has 1 aromatic carbocycles. The zero-order valence-electron chi connectivity index (χ0n) is 6.57. The third-order valence-electron chi connectivity index (χ3n) is 1.61. The number of anilines is 1. The van der Waals surface area contributed by atoms with Crippen LogP contribution in [0.1, 0.15) is 0 Å². The standard InChI is InChI=1S/C8H6BrN3O/c9-6-3-5(1-2-7(6)10)8-12-11-4-13-8/h1-4H,10H2. The first-order chi connectivity index (χ1) is 6.27. The van der Waals surface area contributed by atoms with Crippen molar-refractivity contribution in [1.29, 1.82) is 0 Å². The summed E-state index contributed by atoms with van der Waals surface area (Å²) in [4.78, 5) is 0. The van der Waals surface area contributed by atoms with Gasteiger partial charge in [-0.1, -0.05) is 0 Å². The molecule has 5 heteroatoms. The summed E-state index contributed by atoms with van der Waals surface area (Å²) in [5.41, 5.74) is 7.16. The van der Waals surface area contributed by atoms with Crippen molar-refractivity contribution >= 4 is 21.6 Å². The summed E-state index contributed by atoms with van der Waals surface area (Å²) < 4.78 is 5.85. The van der Waals surface area contributed by atoms with Crippen molar-refractivity contribution in [2.24, 2.45) is 0 Å². The van der Waals surface area contributed by atoms with Gasteiger partial charge in [0.05, 0.1) is 0 Å². The SMILES string of the molecule is Nc1ccc(-c2nnco2)cc1Br. The second-order valence-corrected chi connectivity index (χ2v) is 3.33. The normalized spacial score (nSPS) is 10.2. The van der Waals surface area contributed by atoms with Crippen LogP contribution in [0.4, 0.5) is 5.69 Å². The lowest BCUT2D eigenvalue weighted by Gasteiger charge is -1.98. The van der Waals surface area contributed by atoms with Crippen LogP contribution in [0.25, 0.3) is 11.5 Å². The van der Waals surface area contributed by atoms with Gasteiger partial charge in [0.2, 0.25) is 12.3 Å². The lowest BCUT2D eigenvalue weighted by atomic mass is 10.2. The van der Waals surface area contributed by atoms with E-state index in [4.69, 9.17) is 10.2 Å². The minimum atomic E-state index is 0.487. The predicted octanol–water partition coefficient (Wildman–Crippen LogP) is 2.08. The van der Waals surface area contributed by atoms with Crippen molar-refractivity contribution in [1.82, 2.24) is 10.2 Å². The van der Waals surface area contributed by atoms with Crippen molar-refractivity contribution in [3.05, 3.63) is 29.1 Å². The van der Waals surface area contributed by atoms with Gasteiger partial charge in [-0.3, -0.25) is 0 Å². The number of halogens is 1. The molecule has 0 saturated carbocycles. The Hall–Kier alpha value is -1.36. The molecule has 13 heavy (non-hydrogen) atoms. The number of aromatic nitrogens is 2. The summed E-state index contributed by atoms with van der Waals surface area (Å²) in [5.74, 6) is 0.487. The molecule has 0 spiro atoms. The van der Waals surface area contributed by atoms with Crippen LogP contribution in [0.15, 0.2) is 33.5 Å². The third-order valence-corrected chi connectivity index (χ3v) is 2.29. The van der Waals surface area contributed by atoms with Gasteiger partial charge in [0.25, 0.3) is 0 Å². The van der Waals surface area contributed by atoms with Gasteiger partial charge in [0, 0.05) is 15.7 Å². The summed E-state index contributed by atoms with van der Waals surface area (Å²) in [6.45, 7) is 0. The number of benzene rings is 1. The molecule has 0 aliphatic rings. The zero-order valence-corrected chi connectivity index (χ0v) is 8.15. The molecular weight excluding hydrogens is 234 g/mol. The van der Waals surface area contributed by atoms with Crippen molar-refractivity contribution in [3.63, 3.8) is 0 Å². The topological polar surface area (TPSA) is 64.9 Å². The quantitative estimate of drug-likeness (QED) is 0.775. The molecule has 0 atom stereocenters. The molecule has 1 heterocycles. The van der Waals surface area contributed by atoms with Gasteiger partial charge in [0.15, 0.2) is 0 Å². The number of hydrogen-bond acceptors (Lipinski definition) is 4. The van der Waals surface area contributed by atoms with E-state index in [-0.39, 0.29) is 0 Å². The van der Waals surface area contributed by atoms with Crippen LogP contribution >= 0.6 is 15.9 Å². The number of nitrogens with two attached hydrogens (primary N) is 1. The predicted molar refractivity (Wildman–Crippen MR) is 51.8 cm³/mol. The largest absolute Gasteiger partial charge is 0.423 e. The van der Waals surface area contributed by atoms with E-state index < -0.39 is 0 Å². The number of hydrogen-bond donors (Lipinski definition) is 1. The van der Waals surface area contributed by atoms with Crippen LogP contribution in [-0.2, 0) is 0 Å². The van der Waals surface area contributed by atoms with E-state index in [1.54, 1.807) is 6.07 Å². The van der Waals surface area contributed by atoms with E-state index in [1.807, 2.05) is 12.1 Å². The Morgan fingerprint density at radius 3 is 2.85 bits per heavy atom. The molecule has 2 aromatic rings. The Bertz CT molecular complexity index is 413. The first kappa shape index (κ1) is 8.25. The molecule has 4 nitrogen and oxygen atoms in total. The van der Waals surface area contributed by atoms with Crippen molar-refractivity contribution in [3.8, 4) is 11.5 Å². The molecule has 2 rings (SSSR count). The minimum Gasteiger partial charge on any atom is -0.423 e. The molecule has 0 bridgehead atoms. The van der Waals surface area contributed by atoms with E-state index in [0.29, 0.717) is 11.6 Å². The highest BCUT2D eigenvalue weighted by molar-refractivity contribution is 9.10. The maximum Gasteiger partial charge on any atom is 0.247 e. The summed E-state index contributed by atoms with van der Waals surface area (Å²) in [6.07, 6.45) is 1.29. The third kappa shape index (κ3) is 1.55. The molecule has 2 N–H and O–H groups in total. The first-order valence-electron chi connectivity index (χ1n) is 3.59. The van der Waals surface area contributed by atoms with E-state index in [2.05, 4.69) is 26.1 Å². The van der Waals surface area contributed by atoms with Gasteiger partial charge in [-0.2, -0.15) is 0 Å².